The fraction of sp³-hybridized carbons (Fsp3) is 0.833. The number of carbonyl (C=O) groups is 2. The molecule has 0 aromatic carbocycles. The molecular formula is C12H21N3O2. The molecule has 0 radical (unpaired) electrons. The van der Waals surface area contributed by atoms with E-state index in [0.717, 1.165) is 19.4 Å². The fourth-order valence-corrected chi connectivity index (χ4v) is 2.21. The van der Waals surface area contributed by atoms with Gasteiger partial charge in [0.05, 0.1) is 6.04 Å². The van der Waals surface area contributed by atoms with Crippen LogP contribution in [0.4, 0.5) is 0 Å². The summed E-state index contributed by atoms with van der Waals surface area (Å²) < 4.78 is 0. The Kier molecular flexibility index (Phi) is 3.99. The number of rotatable bonds is 5. The molecule has 2 amide bonds. The minimum absolute atomic E-state index is 0.00456. The maximum atomic E-state index is 12.1. The van der Waals surface area contributed by atoms with Crippen LogP contribution in [0, 0.1) is 0 Å². The zero-order valence-electron chi connectivity index (χ0n) is 10.4. The van der Waals surface area contributed by atoms with E-state index < -0.39 is 0 Å². The molecule has 1 unspecified atom stereocenters. The lowest BCUT2D eigenvalue weighted by Crippen LogP contribution is -2.51. The van der Waals surface area contributed by atoms with Crippen molar-refractivity contribution in [1.82, 2.24) is 15.5 Å². The highest BCUT2D eigenvalue weighted by molar-refractivity contribution is 5.83. The Morgan fingerprint density at radius 1 is 1.41 bits per heavy atom. The number of nitrogens with zero attached hydrogens (tertiary/aromatic N) is 1. The van der Waals surface area contributed by atoms with Gasteiger partial charge in [-0.15, -0.1) is 0 Å². The average Bonchev–Trinajstić information content (AvgIpc) is 3.14. The number of carbonyl (C=O) groups excluding carboxylic acids is 2. The Morgan fingerprint density at radius 3 is 2.82 bits per heavy atom. The van der Waals surface area contributed by atoms with Gasteiger partial charge in [0.2, 0.25) is 11.8 Å². The van der Waals surface area contributed by atoms with Gasteiger partial charge in [-0.1, -0.05) is 0 Å². The molecule has 0 aromatic heterocycles. The molecule has 5 heteroatoms. The van der Waals surface area contributed by atoms with E-state index in [2.05, 4.69) is 10.6 Å². The van der Waals surface area contributed by atoms with E-state index >= 15 is 0 Å². The maximum Gasteiger partial charge on any atom is 0.239 e. The Hall–Kier alpha value is -1.10. The third-order valence-electron chi connectivity index (χ3n) is 3.43. The van der Waals surface area contributed by atoms with Gasteiger partial charge in [0, 0.05) is 32.6 Å². The standard InChI is InChI=1S/C12H21N3O2/c1-13-11(16)6-8-15-7-2-3-10(12(15)17)14-9-4-5-9/h9-10,14H,2-8H2,1H3,(H,13,16). The molecule has 0 spiro atoms. The first-order valence-corrected chi connectivity index (χ1v) is 6.46. The molecule has 1 aliphatic carbocycles. The SMILES string of the molecule is CNC(=O)CCN1CCCC(NC2CC2)C1=O. The van der Waals surface area contributed by atoms with E-state index in [0.29, 0.717) is 19.0 Å². The molecule has 5 nitrogen and oxygen atoms in total. The van der Waals surface area contributed by atoms with Crippen LogP contribution in [0.5, 0.6) is 0 Å². The summed E-state index contributed by atoms with van der Waals surface area (Å²) in [4.78, 5) is 25.1. The monoisotopic (exact) mass is 239 g/mol. The predicted octanol–water partition coefficient (Wildman–Crippen LogP) is -0.134. The van der Waals surface area contributed by atoms with Crippen LogP contribution in [0.3, 0.4) is 0 Å². The highest BCUT2D eigenvalue weighted by Crippen LogP contribution is 2.22. The zero-order chi connectivity index (χ0) is 12.3. The highest BCUT2D eigenvalue weighted by atomic mass is 16.2. The summed E-state index contributed by atoms with van der Waals surface area (Å²) in [7, 11) is 1.62. The molecular weight excluding hydrogens is 218 g/mol. The van der Waals surface area contributed by atoms with Crippen molar-refractivity contribution in [2.75, 3.05) is 20.1 Å². The summed E-state index contributed by atoms with van der Waals surface area (Å²) in [5, 5.41) is 5.96. The van der Waals surface area contributed by atoms with Gasteiger partial charge in [0.1, 0.15) is 0 Å². The molecule has 1 saturated carbocycles. The lowest BCUT2D eigenvalue weighted by atomic mass is 10.0. The predicted molar refractivity (Wildman–Crippen MR) is 64.4 cm³/mol. The van der Waals surface area contributed by atoms with Crippen molar-refractivity contribution in [3.8, 4) is 0 Å². The molecule has 0 aromatic rings. The van der Waals surface area contributed by atoms with Crippen LogP contribution in [0.2, 0.25) is 0 Å². The lowest BCUT2D eigenvalue weighted by molar-refractivity contribution is -0.136. The van der Waals surface area contributed by atoms with Crippen molar-refractivity contribution in [2.45, 2.75) is 44.2 Å². The van der Waals surface area contributed by atoms with E-state index in [1.165, 1.54) is 12.8 Å². The summed E-state index contributed by atoms with van der Waals surface area (Å²) >= 11 is 0. The second-order valence-corrected chi connectivity index (χ2v) is 4.88. The minimum Gasteiger partial charge on any atom is -0.359 e. The van der Waals surface area contributed by atoms with Crippen LogP contribution in [0.15, 0.2) is 0 Å². The first-order valence-electron chi connectivity index (χ1n) is 6.46. The van der Waals surface area contributed by atoms with Crippen LogP contribution < -0.4 is 10.6 Å². The van der Waals surface area contributed by atoms with E-state index in [4.69, 9.17) is 0 Å². The zero-order valence-corrected chi connectivity index (χ0v) is 10.4. The molecule has 2 aliphatic rings. The van der Waals surface area contributed by atoms with Crippen LogP contribution in [-0.2, 0) is 9.59 Å². The van der Waals surface area contributed by atoms with Gasteiger partial charge < -0.3 is 15.5 Å². The largest absolute Gasteiger partial charge is 0.359 e. The second kappa shape index (κ2) is 5.49. The number of amides is 2. The van der Waals surface area contributed by atoms with Crippen molar-refractivity contribution in [1.29, 1.82) is 0 Å². The summed E-state index contributed by atoms with van der Waals surface area (Å²) in [6.07, 6.45) is 4.76. The normalized spacial score (nSPS) is 24.9. The molecule has 96 valence electrons. The molecule has 17 heavy (non-hydrogen) atoms. The first kappa shape index (κ1) is 12.4. The van der Waals surface area contributed by atoms with Gasteiger partial charge in [0.15, 0.2) is 0 Å². The van der Waals surface area contributed by atoms with Crippen molar-refractivity contribution in [2.24, 2.45) is 0 Å². The second-order valence-electron chi connectivity index (χ2n) is 4.88. The average molecular weight is 239 g/mol. The molecule has 1 heterocycles. The molecule has 0 bridgehead atoms. The van der Waals surface area contributed by atoms with E-state index in [1.54, 1.807) is 7.05 Å². The molecule has 1 atom stereocenters. The topological polar surface area (TPSA) is 61.4 Å². The van der Waals surface area contributed by atoms with Crippen LogP contribution in [0.25, 0.3) is 0 Å². The van der Waals surface area contributed by atoms with Gasteiger partial charge in [0.25, 0.3) is 0 Å². The number of hydrogen-bond acceptors (Lipinski definition) is 3. The number of piperidine rings is 1. The first-order chi connectivity index (χ1) is 8.20. The third kappa shape index (κ3) is 3.43. The summed E-state index contributed by atoms with van der Waals surface area (Å²) in [5.74, 6) is 0.169. The molecule has 1 saturated heterocycles. The molecule has 2 fully saturated rings. The van der Waals surface area contributed by atoms with E-state index in [1.807, 2.05) is 4.90 Å². The van der Waals surface area contributed by atoms with Crippen molar-refractivity contribution >= 4 is 11.8 Å². The molecule has 2 rings (SSSR count). The Balaban J connectivity index is 1.80. The van der Waals surface area contributed by atoms with Crippen molar-refractivity contribution in [3.05, 3.63) is 0 Å². The van der Waals surface area contributed by atoms with E-state index in [-0.39, 0.29) is 17.9 Å². The van der Waals surface area contributed by atoms with Gasteiger partial charge in [-0.05, 0) is 25.7 Å². The van der Waals surface area contributed by atoms with Crippen molar-refractivity contribution < 1.29 is 9.59 Å². The smallest absolute Gasteiger partial charge is 0.239 e. The minimum atomic E-state index is -0.0130. The summed E-state index contributed by atoms with van der Waals surface area (Å²) in [5.41, 5.74) is 0. The quantitative estimate of drug-likeness (QED) is 0.702. The number of nitrogens with one attached hydrogen (secondary N) is 2. The highest BCUT2D eigenvalue weighted by Gasteiger charge is 2.33. The summed E-state index contributed by atoms with van der Waals surface area (Å²) in [6.45, 7) is 1.33. The fourth-order valence-electron chi connectivity index (χ4n) is 2.21. The van der Waals surface area contributed by atoms with Crippen molar-refractivity contribution in [3.63, 3.8) is 0 Å². The number of hydrogen-bond donors (Lipinski definition) is 2. The van der Waals surface area contributed by atoms with Crippen LogP contribution >= 0.6 is 0 Å². The Labute approximate surface area is 102 Å². The lowest BCUT2D eigenvalue weighted by Gasteiger charge is -2.32. The maximum absolute atomic E-state index is 12.1. The third-order valence-corrected chi connectivity index (χ3v) is 3.43. The van der Waals surface area contributed by atoms with Crippen LogP contribution in [-0.4, -0.2) is 48.9 Å². The molecule has 2 N–H and O–H groups in total. The Morgan fingerprint density at radius 2 is 2.18 bits per heavy atom. The van der Waals surface area contributed by atoms with Gasteiger partial charge >= 0.3 is 0 Å². The van der Waals surface area contributed by atoms with Gasteiger partial charge in [-0.2, -0.15) is 0 Å². The number of likely N-dealkylation sites (tertiary alicyclic amines) is 1. The van der Waals surface area contributed by atoms with Gasteiger partial charge in [-0.25, -0.2) is 0 Å². The van der Waals surface area contributed by atoms with Gasteiger partial charge in [-0.3, -0.25) is 9.59 Å². The summed E-state index contributed by atoms with van der Waals surface area (Å²) in [6, 6.07) is 0.545. The Bertz CT molecular complexity index is 302. The van der Waals surface area contributed by atoms with Crippen LogP contribution in [0.1, 0.15) is 32.1 Å². The van der Waals surface area contributed by atoms with E-state index in [9.17, 15) is 9.59 Å². The molecule has 1 aliphatic heterocycles.